The van der Waals surface area contributed by atoms with Gasteiger partial charge in [0.1, 0.15) is 0 Å². The fourth-order valence-corrected chi connectivity index (χ4v) is 1.15. The van der Waals surface area contributed by atoms with E-state index in [1.54, 1.807) is 6.26 Å². The zero-order valence-electron chi connectivity index (χ0n) is 7.53. The zero-order chi connectivity index (χ0) is 10.7. The molecule has 0 aromatic rings. The van der Waals surface area contributed by atoms with Crippen molar-refractivity contribution in [3.63, 3.8) is 0 Å². The van der Waals surface area contributed by atoms with E-state index in [0.29, 0.717) is 0 Å². The first-order valence-corrected chi connectivity index (χ1v) is 4.84. The number of nitrogens with one attached hydrogen (secondary N) is 1. The summed E-state index contributed by atoms with van der Waals surface area (Å²) in [5.74, 6) is -2.08. The maximum atomic E-state index is 11.2. The van der Waals surface area contributed by atoms with Gasteiger partial charge in [0.15, 0.2) is 10.9 Å². The van der Waals surface area contributed by atoms with Crippen LogP contribution >= 0.6 is 11.8 Å². The highest BCUT2D eigenvalue weighted by molar-refractivity contribution is 8.13. The number of amidine groups is 1. The lowest BCUT2D eigenvalue weighted by atomic mass is 10.3. The van der Waals surface area contributed by atoms with Crippen molar-refractivity contribution in [2.75, 3.05) is 6.26 Å². The topological polar surface area (TPSA) is 88.0 Å². The number of hydrogen-bond donors (Lipinski definition) is 1. The van der Waals surface area contributed by atoms with Crippen LogP contribution in [0.2, 0.25) is 0 Å². The van der Waals surface area contributed by atoms with Gasteiger partial charge in [-0.1, -0.05) is 11.8 Å². The standard InChI is InChI=1S/C7H7N3O3S/c1-3(11)8-4-5(12)9-7(14-2)10-6(4)13/h1-2H3,(H,9,10,12,13). The molecule has 0 aromatic heterocycles. The van der Waals surface area contributed by atoms with Gasteiger partial charge in [-0.25, -0.2) is 4.99 Å². The molecule has 0 aliphatic carbocycles. The summed E-state index contributed by atoms with van der Waals surface area (Å²) >= 11 is 1.13. The van der Waals surface area contributed by atoms with Crippen LogP contribution in [-0.4, -0.2) is 34.9 Å². The molecule has 0 fully saturated rings. The Hall–Kier alpha value is -1.50. The van der Waals surface area contributed by atoms with Crippen molar-refractivity contribution in [2.45, 2.75) is 6.92 Å². The SMILES string of the molecule is CSC1=NC(=O)C(=NC(C)=O)C(=O)N1. The molecule has 1 N–H and O–H groups in total. The van der Waals surface area contributed by atoms with E-state index in [-0.39, 0.29) is 5.17 Å². The molecule has 14 heavy (non-hydrogen) atoms. The van der Waals surface area contributed by atoms with Crippen LogP contribution in [0.15, 0.2) is 9.98 Å². The molecular weight excluding hydrogens is 206 g/mol. The van der Waals surface area contributed by atoms with E-state index in [1.165, 1.54) is 0 Å². The smallest absolute Gasteiger partial charge is 0.299 e. The Bertz CT molecular complexity index is 372. The van der Waals surface area contributed by atoms with E-state index in [9.17, 15) is 14.4 Å². The van der Waals surface area contributed by atoms with Crippen LogP contribution in [0.5, 0.6) is 0 Å². The molecule has 0 saturated heterocycles. The Labute approximate surface area is 83.9 Å². The number of carbonyl (C=O) groups excluding carboxylic acids is 3. The summed E-state index contributed by atoms with van der Waals surface area (Å²) in [6.07, 6.45) is 1.67. The van der Waals surface area contributed by atoms with Gasteiger partial charge in [0.25, 0.3) is 5.91 Å². The quantitative estimate of drug-likeness (QED) is 0.579. The van der Waals surface area contributed by atoms with Crippen LogP contribution in [0.4, 0.5) is 0 Å². The van der Waals surface area contributed by atoms with E-state index in [1.807, 2.05) is 0 Å². The molecule has 0 atom stereocenters. The minimum atomic E-state index is -0.784. The Morgan fingerprint density at radius 1 is 1.50 bits per heavy atom. The zero-order valence-corrected chi connectivity index (χ0v) is 8.34. The van der Waals surface area contributed by atoms with Crippen molar-refractivity contribution >= 4 is 40.4 Å². The third-order valence-corrected chi connectivity index (χ3v) is 1.88. The second-order valence-electron chi connectivity index (χ2n) is 2.36. The highest BCUT2D eigenvalue weighted by atomic mass is 32.2. The predicted octanol–water partition coefficient (Wildman–Crippen LogP) is -0.651. The molecule has 0 aromatic carbocycles. The number of aliphatic imine (C=N–C) groups is 2. The number of amides is 3. The molecule has 0 radical (unpaired) electrons. The van der Waals surface area contributed by atoms with Crippen LogP contribution in [0.3, 0.4) is 0 Å². The van der Waals surface area contributed by atoms with Crippen LogP contribution in [0.25, 0.3) is 0 Å². The van der Waals surface area contributed by atoms with Crippen LogP contribution in [-0.2, 0) is 14.4 Å². The molecule has 74 valence electrons. The molecule has 1 aliphatic rings. The fourth-order valence-electron chi connectivity index (χ4n) is 0.779. The molecule has 6 nitrogen and oxygen atoms in total. The van der Waals surface area contributed by atoms with Crippen molar-refractivity contribution in [2.24, 2.45) is 9.98 Å². The molecule has 1 aliphatic heterocycles. The number of carbonyl (C=O) groups is 3. The van der Waals surface area contributed by atoms with Gasteiger partial charge >= 0.3 is 5.91 Å². The molecule has 0 unspecified atom stereocenters. The Kier molecular flexibility index (Phi) is 3.13. The van der Waals surface area contributed by atoms with Gasteiger partial charge in [-0.3, -0.25) is 19.7 Å². The molecule has 0 saturated carbocycles. The summed E-state index contributed by atoms with van der Waals surface area (Å²) in [6.45, 7) is 1.15. The first kappa shape index (κ1) is 10.6. The van der Waals surface area contributed by atoms with Crippen molar-refractivity contribution in [3.05, 3.63) is 0 Å². The van der Waals surface area contributed by atoms with Gasteiger partial charge in [0.2, 0.25) is 5.91 Å². The monoisotopic (exact) mass is 213 g/mol. The van der Waals surface area contributed by atoms with Gasteiger partial charge < -0.3 is 0 Å². The van der Waals surface area contributed by atoms with Gasteiger partial charge in [0.05, 0.1) is 0 Å². The summed E-state index contributed by atoms with van der Waals surface area (Å²) in [6, 6.07) is 0. The minimum absolute atomic E-state index is 0.211. The largest absolute Gasteiger partial charge is 0.303 e. The Morgan fingerprint density at radius 2 is 2.14 bits per heavy atom. The average Bonchev–Trinajstić information content (AvgIpc) is 2.10. The van der Waals surface area contributed by atoms with Crippen LogP contribution < -0.4 is 5.32 Å². The van der Waals surface area contributed by atoms with Crippen LogP contribution in [0.1, 0.15) is 6.92 Å². The second kappa shape index (κ2) is 4.14. The number of nitrogens with zero attached hydrogens (tertiary/aromatic N) is 2. The maximum absolute atomic E-state index is 11.2. The average molecular weight is 213 g/mol. The van der Waals surface area contributed by atoms with Gasteiger partial charge in [-0.05, 0) is 6.26 Å². The van der Waals surface area contributed by atoms with Gasteiger partial charge in [-0.2, -0.15) is 4.99 Å². The third-order valence-electron chi connectivity index (χ3n) is 1.30. The number of thioether (sulfide) groups is 1. The first-order valence-electron chi connectivity index (χ1n) is 3.62. The molecule has 7 heteroatoms. The molecule has 0 spiro atoms. The van der Waals surface area contributed by atoms with E-state index >= 15 is 0 Å². The molecular formula is C7H7N3O3S. The molecule has 1 heterocycles. The van der Waals surface area contributed by atoms with Crippen molar-refractivity contribution in [3.8, 4) is 0 Å². The van der Waals surface area contributed by atoms with Crippen molar-refractivity contribution in [1.82, 2.24) is 5.32 Å². The van der Waals surface area contributed by atoms with E-state index in [0.717, 1.165) is 18.7 Å². The second-order valence-corrected chi connectivity index (χ2v) is 3.15. The lowest BCUT2D eigenvalue weighted by molar-refractivity contribution is -0.119. The summed E-state index contributed by atoms with van der Waals surface area (Å²) in [5.41, 5.74) is -0.463. The summed E-state index contributed by atoms with van der Waals surface area (Å²) in [5, 5.41) is 2.53. The summed E-state index contributed by atoms with van der Waals surface area (Å²) < 4.78 is 0. The molecule has 3 amide bonds. The predicted molar refractivity (Wildman–Crippen MR) is 52.2 cm³/mol. The Morgan fingerprint density at radius 3 is 2.57 bits per heavy atom. The van der Waals surface area contributed by atoms with Crippen molar-refractivity contribution < 1.29 is 14.4 Å². The van der Waals surface area contributed by atoms with E-state index in [2.05, 4.69) is 15.3 Å². The Balaban J connectivity index is 3.04. The summed E-state index contributed by atoms with van der Waals surface area (Å²) in [7, 11) is 0. The van der Waals surface area contributed by atoms with Gasteiger partial charge in [-0.15, -0.1) is 0 Å². The summed E-state index contributed by atoms with van der Waals surface area (Å²) in [4.78, 5) is 39.7. The number of hydrogen-bond acceptors (Lipinski definition) is 4. The normalized spacial score (nSPS) is 19.3. The fraction of sp³-hybridized carbons (Fsp3) is 0.286. The van der Waals surface area contributed by atoms with Gasteiger partial charge in [0, 0.05) is 6.92 Å². The molecule has 1 rings (SSSR count). The van der Waals surface area contributed by atoms with Crippen molar-refractivity contribution in [1.29, 1.82) is 0 Å². The molecule has 0 bridgehead atoms. The minimum Gasteiger partial charge on any atom is -0.299 e. The number of rotatable bonds is 0. The lowest BCUT2D eigenvalue weighted by Crippen LogP contribution is -2.43. The maximum Gasteiger partial charge on any atom is 0.303 e. The third kappa shape index (κ3) is 2.25. The van der Waals surface area contributed by atoms with E-state index in [4.69, 9.17) is 0 Å². The van der Waals surface area contributed by atoms with E-state index < -0.39 is 23.4 Å². The highest BCUT2D eigenvalue weighted by Crippen LogP contribution is 2.02. The first-order chi connectivity index (χ1) is 6.54. The highest BCUT2D eigenvalue weighted by Gasteiger charge is 2.27. The van der Waals surface area contributed by atoms with Crippen LogP contribution in [0, 0.1) is 0 Å². The lowest BCUT2D eigenvalue weighted by Gasteiger charge is -2.10.